The van der Waals surface area contributed by atoms with E-state index in [0.29, 0.717) is 0 Å². The van der Waals surface area contributed by atoms with Crippen LogP contribution in [0.5, 0.6) is 0 Å². The lowest BCUT2D eigenvalue weighted by Gasteiger charge is -2.26. The smallest absolute Gasteiger partial charge is 0.240 e. The number of para-hydroxylation sites is 1. The summed E-state index contributed by atoms with van der Waals surface area (Å²) in [5.74, 6) is 0.157. The monoisotopic (exact) mass is 399 g/mol. The van der Waals surface area contributed by atoms with Crippen molar-refractivity contribution in [3.63, 3.8) is 0 Å². The molecule has 1 aromatic carbocycles. The molecule has 0 bridgehead atoms. The van der Waals surface area contributed by atoms with Gasteiger partial charge in [0.1, 0.15) is 0 Å². The predicted molar refractivity (Wildman–Crippen MR) is 113 cm³/mol. The molecule has 5 nitrogen and oxygen atoms in total. The molecule has 0 saturated carbocycles. The summed E-state index contributed by atoms with van der Waals surface area (Å²) in [5, 5.41) is 0.726. The Hall–Kier alpha value is -1.79. The number of hydrogen-bond acceptors (Lipinski definition) is 4. The maximum atomic E-state index is 13.3. The van der Waals surface area contributed by atoms with Crippen molar-refractivity contribution in [2.75, 3.05) is 11.5 Å². The molecular weight excluding hydrogens is 370 g/mol. The van der Waals surface area contributed by atoms with Crippen LogP contribution >= 0.6 is 11.8 Å². The number of nitrogens with zero attached hydrogens (tertiary/aromatic N) is 3. The van der Waals surface area contributed by atoms with Gasteiger partial charge in [0.25, 0.3) is 0 Å². The second kappa shape index (κ2) is 7.91. The Labute approximate surface area is 171 Å². The maximum absolute atomic E-state index is 13.3. The van der Waals surface area contributed by atoms with E-state index in [9.17, 15) is 4.79 Å². The standard InChI is InChI=1S/C22H29N3O2S/c1-14-12-18-8-5-6-10-20(18)25(14)21(26)17(4)28-22-23-15(2)16(3)24(22)13-19-9-7-11-27-19/h5-6,8,10,14,17,19H,7,9,11-13H2,1-4H3/t14-,17-,19+/m1/s1. The highest BCUT2D eigenvalue weighted by Gasteiger charge is 2.34. The minimum atomic E-state index is -0.196. The van der Waals surface area contributed by atoms with Gasteiger partial charge in [0.05, 0.1) is 23.6 Å². The minimum absolute atomic E-state index is 0.157. The van der Waals surface area contributed by atoms with Gasteiger partial charge in [-0.1, -0.05) is 30.0 Å². The van der Waals surface area contributed by atoms with E-state index in [1.807, 2.05) is 30.9 Å². The molecule has 0 radical (unpaired) electrons. The fraction of sp³-hybridized carbons (Fsp3) is 0.545. The summed E-state index contributed by atoms with van der Waals surface area (Å²) in [7, 11) is 0. The number of fused-ring (bicyclic) bond motifs is 1. The predicted octanol–water partition coefficient (Wildman–Crippen LogP) is 4.14. The number of aryl methyl sites for hydroxylation is 1. The third kappa shape index (κ3) is 3.60. The molecule has 0 unspecified atom stereocenters. The van der Waals surface area contributed by atoms with Gasteiger partial charge in [-0.2, -0.15) is 0 Å². The van der Waals surface area contributed by atoms with Crippen LogP contribution < -0.4 is 4.90 Å². The van der Waals surface area contributed by atoms with Crippen molar-refractivity contribution in [2.45, 2.75) is 76.1 Å². The molecule has 0 aliphatic carbocycles. The van der Waals surface area contributed by atoms with Crippen LogP contribution in [-0.2, 0) is 22.5 Å². The van der Waals surface area contributed by atoms with Crippen molar-refractivity contribution in [1.29, 1.82) is 0 Å². The van der Waals surface area contributed by atoms with Crippen molar-refractivity contribution in [1.82, 2.24) is 9.55 Å². The molecule has 0 N–H and O–H groups in total. The molecule has 2 aliphatic heterocycles. The average molecular weight is 400 g/mol. The van der Waals surface area contributed by atoms with E-state index in [1.54, 1.807) is 11.8 Å². The first-order chi connectivity index (χ1) is 13.5. The molecule has 3 atom stereocenters. The first-order valence-electron chi connectivity index (χ1n) is 10.2. The van der Waals surface area contributed by atoms with Crippen LogP contribution in [0.3, 0.4) is 0 Å². The van der Waals surface area contributed by atoms with Gasteiger partial charge in [-0.05, 0) is 58.6 Å². The van der Waals surface area contributed by atoms with Gasteiger partial charge < -0.3 is 14.2 Å². The first kappa shape index (κ1) is 19.5. The lowest BCUT2D eigenvalue weighted by molar-refractivity contribution is -0.118. The highest BCUT2D eigenvalue weighted by Crippen LogP contribution is 2.35. The Morgan fingerprint density at radius 2 is 2.14 bits per heavy atom. The number of ether oxygens (including phenoxy) is 1. The molecule has 4 rings (SSSR count). The van der Waals surface area contributed by atoms with Crippen molar-refractivity contribution in [3.8, 4) is 0 Å². The van der Waals surface area contributed by atoms with Crippen molar-refractivity contribution in [3.05, 3.63) is 41.2 Å². The minimum Gasteiger partial charge on any atom is -0.376 e. The number of carbonyl (C=O) groups is 1. The lowest BCUT2D eigenvalue weighted by atomic mass is 10.1. The van der Waals surface area contributed by atoms with Gasteiger partial charge in [0, 0.05) is 24.0 Å². The molecule has 2 aliphatic rings. The fourth-order valence-electron chi connectivity index (χ4n) is 4.23. The van der Waals surface area contributed by atoms with E-state index in [2.05, 4.69) is 30.5 Å². The Morgan fingerprint density at radius 1 is 1.36 bits per heavy atom. The third-order valence-electron chi connectivity index (χ3n) is 5.91. The van der Waals surface area contributed by atoms with Crippen LogP contribution in [-0.4, -0.2) is 39.5 Å². The number of benzene rings is 1. The molecule has 1 aromatic heterocycles. The van der Waals surface area contributed by atoms with Gasteiger partial charge in [-0.15, -0.1) is 0 Å². The molecule has 1 amide bonds. The molecule has 0 spiro atoms. The quantitative estimate of drug-likeness (QED) is 0.709. The van der Waals surface area contributed by atoms with E-state index in [0.717, 1.165) is 54.6 Å². The lowest BCUT2D eigenvalue weighted by Crippen LogP contribution is -2.40. The Balaban J connectivity index is 1.53. The zero-order valence-corrected chi connectivity index (χ0v) is 18.0. The molecule has 28 heavy (non-hydrogen) atoms. The van der Waals surface area contributed by atoms with Gasteiger partial charge >= 0.3 is 0 Å². The van der Waals surface area contributed by atoms with E-state index in [1.165, 1.54) is 5.56 Å². The van der Waals surface area contributed by atoms with Crippen molar-refractivity contribution < 1.29 is 9.53 Å². The van der Waals surface area contributed by atoms with Crippen molar-refractivity contribution >= 4 is 23.4 Å². The number of rotatable bonds is 5. The highest BCUT2D eigenvalue weighted by molar-refractivity contribution is 8.00. The van der Waals surface area contributed by atoms with Crippen LogP contribution in [0.2, 0.25) is 0 Å². The normalized spacial score (nSPS) is 22.5. The Morgan fingerprint density at radius 3 is 2.89 bits per heavy atom. The van der Waals surface area contributed by atoms with Gasteiger partial charge in [-0.3, -0.25) is 4.79 Å². The van der Waals surface area contributed by atoms with Crippen LogP contribution in [0, 0.1) is 13.8 Å². The number of hydrogen-bond donors (Lipinski definition) is 0. The van der Waals surface area contributed by atoms with E-state index >= 15 is 0 Å². The summed E-state index contributed by atoms with van der Waals surface area (Å²) < 4.78 is 8.07. The van der Waals surface area contributed by atoms with Crippen LogP contribution in [0.15, 0.2) is 29.4 Å². The van der Waals surface area contributed by atoms with Gasteiger partial charge in [-0.25, -0.2) is 4.98 Å². The number of carbonyl (C=O) groups excluding carboxylic acids is 1. The van der Waals surface area contributed by atoms with E-state index in [4.69, 9.17) is 9.72 Å². The summed E-state index contributed by atoms with van der Waals surface area (Å²) in [6, 6.07) is 8.43. The zero-order valence-electron chi connectivity index (χ0n) is 17.1. The number of imidazole rings is 1. The highest BCUT2D eigenvalue weighted by atomic mass is 32.2. The van der Waals surface area contributed by atoms with E-state index < -0.39 is 0 Å². The van der Waals surface area contributed by atoms with Gasteiger partial charge in [0.2, 0.25) is 5.91 Å². The van der Waals surface area contributed by atoms with Crippen molar-refractivity contribution in [2.24, 2.45) is 0 Å². The molecule has 1 fully saturated rings. The topological polar surface area (TPSA) is 47.4 Å². The molecule has 2 aromatic rings. The summed E-state index contributed by atoms with van der Waals surface area (Å²) in [5.41, 5.74) is 4.51. The molecule has 1 saturated heterocycles. The van der Waals surface area contributed by atoms with Gasteiger partial charge in [0.15, 0.2) is 5.16 Å². The van der Waals surface area contributed by atoms with Crippen LogP contribution in [0.25, 0.3) is 0 Å². The molecule has 150 valence electrons. The zero-order chi connectivity index (χ0) is 19.8. The average Bonchev–Trinajstić information content (AvgIpc) is 3.36. The summed E-state index contributed by atoms with van der Waals surface area (Å²) in [6.07, 6.45) is 3.40. The first-order valence-corrected chi connectivity index (χ1v) is 11.1. The number of amides is 1. The number of thioether (sulfide) groups is 1. The molecule has 3 heterocycles. The van der Waals surface area contributed by atoms with Crippen LogP contribution in [0.1, 0.15) is 43.6 Å². The largest absolute Gasteiger partial charge is 0.376 e. The summed E-state index contributed by atoms with van der Waals surface area (Å²) in [4.78, 5) is 20.1. The third-order valence-corrected chi connectivity index (χ3v) is 6.99. The Kier molecular flexibility index (Phi) is 5.52. The number of anilines is 1. The Bertz CT molecular complexity index is 873. The second-order valence-electron chi connectivity index (χ2n) is 7.96. The van der Waals surface area contributed by atoms with Crippen LogP contribution in [0.4, 0.5) is 5.69 Å². The number of aromatic nitrogens is 2. The SMILES string of the molecule is Cc1nc(S[C@H](C)C(=O)N2c3ccccc3C[C@H]2C)n(C[C@@H]2CCCO2)c1C. The molecule has 6 heteroatoms. The fourth-order valence-corrected chi connectivity index (χ4v) is 5.29. The summed E-state index contributed by atoms with van der Waals surface area (Å²) >= 11 is 1.57. The maximum Gasteiger partial charge on any atom is 0.240 e. The molecular formula is C22H29N3O2S. The summed E-state index contributed by atoms with van der Waals surface area (Å²) in [6.45, 7) is 9.93. The second-order valence-corrected chi connectivity index (χ2v) is 9.27. The van der Waals surface area contributed by atoms with E-state index in [-0.39, 0.29) is 23.3 Å².